The van der Waals surface area contributed by atoms with Crippen LogP contribution in [0.25, 0.3) is 0 Å². The molecule has 3 rings (SSSR count). The number of benzene rings is 2. The van der Waals surface area contributed by atoms with Crippen LogP contribution < -0.4 is 25.0 Å². The predicted octanol–water partition coefficient (Wildman–Crippen LogP) is 3.77. The van der Waals surface area contributed by atoms with Gasteiger partial charge in [0, 0.05) is 31.4 Å². The molecule has 32 heavy (non-hydrogen) atoms. The highest BCUT2D eigenvalue weighted by molar-refractivity contribution is 6.39. The highest BCUT2D eigenvalue weighted by Crippen LogP contribution is 2.28. The number of rotatable bonds is 8. The van der Waals surface area contributed by atoms with Crippen LogP contribution in [-0.2, 0) is 16.0 Å². The molecule has 1 aliphatic heterocycles. The number of hydrogen-bond acceptors (Lipinski definition) is 5. The van der Waals surface area contributed by atoms with Gasteiger partial charge in [0.1, 0.15) is 11.5 Å². The molecular weight excluding hydrogens is 406 g/mol. The van der Waals surface area contributed by atoms with Crippen LogP contribution in [0, 0.1) is 0 Å². The van der Waals surface area contributed by atoms with Gasteiger partial charge < -0.3 is 25.0 Å². The van der Waals surface area contributed by atoms with Crippen molar-refractivity contribution in [3.8, 4) is 11.5 Å². The number of nitrogens with zero attached hydrogens (tertiary/aromatic N) is 1. The Labute approximate surface area is 190 Å². The second-order valence-corrected chi connectivity index (χ2v) is 7.95. The molecule has 1 saturated heterocycles. The molecule has 0 unspecified atom stereocenters. The van der Waals surface area contributed by atoms with Crippen molar-refractivity contribution in [2.75, 3.05) is 44.1 Å². The molecule has 2 N–H and O–H groups in total. The van der Waals surface area contributed by atoms with Crippen LogP contribution in [0.15, 0.2) is 42.5 Å². The number of carbonyl (C=O) groups excluding carboxylic acids is 2. The molecule has 0 spiro atoms. The minimum atomic E-state index is -0.727. The smallest absolute Gasteiger partial charge is 0.313 e. The third-order valence-electron chi connectivity index (χ3n) is 5.70. The fourth-order valence-electron chi connectivity index (χ4n) is 3.86. The van der Waals surface area contributed by atoms with E-state index in [2.05, 4.69) is 39.8 Å². The summed E-state index contributed by atoms with van der Waals surface area (Å²) in [5.74, 6) is -0.368. The number of hydrogen-bond donors (Lipinski definition) is 2. The minimum absolute atomic E-state index is 0.415. The van der Waals surface area contributed by atoms with E-state index in [1.165, 1.54) is 44.0 Å². The number of methoxy groups -OCH3 is 2. The number of anilines is 2. The summed E-state index contributed by atoms with van der Waals surface area (Å²) in [5, 5.41) is 5.26. The molecule has 7 heteroatoms. The zero-order valence-electron chi connectivity index (χ0n) is 19.0. The highest BCUT2D eigenvalue weighted by atomic mass is 16.5. The number of amides is 2. The Kier molecular flexibility index (Phi) is 8.78. The Morgan fingerprint density at radius 2 is 1.62 bits per heavy atom. The Bertz CT molecular complexity index is 891. The van der Waals surface area contributed by atoms with Gasteiger partial charge in [-0.3, -0.25) is 9.59 Å². The topological polar surface area (TPSA) is 79.9 Å². The van der Waals surface area contributed by atoms with Gasteiger partial charge in [0.2, 0.25) is 0 Å². The van der Waals surface area contributed by atoms with Gasteiger partial charge in [-0.1, -0.05) is 25.0 Å². The average Bonchev–Trinajstić information content (AvgIpc) is 3.12. The van der Waals surface area contributed by atoms with Gasteiger partial charge in [-0.05, 0) is 55.5 Å². The molecular formula is C25H33N3O4. The number of nitrogens with one attached hydrogen (secondary N) is 2. The van der Waals surface area contributed by atoms with E-state index in [0.717, 1.165) is 25.9 Å². The normalized spacial score (nSPS) is 13.8. The average molecular weight is 440 g/mol. The van der Waals surface area contributed by atoms with E-state index >= 15 is 0 Å². The van der Waals surface area contributed by atoms with E-state index < -0.39 is 11.8 Å². The molecule has 1 aliphatic rings. The minimum Gasteiger partial charge on any atom is -0.497 e. The molecule has 2 aromatic carbocycles. The van der Waals surface area contributed by atoms with Crippen LogP contribution >= 0.6 is 0 Å². The summed E-state index contributed by atoms with van der Waals surface area (Å²) >= 11 is 0. The molecule has 0 bridgehead atoms. The Balaban J connectivity index is 1.41. The standard InChI is InChI=1S/C25H33N3O4/c1-31-21-13-14-22(23(18-21)32-2)27-25(30)24(29)26-15-7-8-19-9-11-20(12-10-19)28-16-5-3-4-6-17-28/h9-14,18H,3-8,15-17H2,1-2H3,(H,26,29)(H,27,30). The Hall–Kier alpha value is -3.22. The second-order valence-electron chi connectivity index (χ2n) is 7.95. The lowest BCUT2D eigenvalue weighted by molar-refractivity contribution is -0.136. The molecule has 0 saturated carbocycles. The highest BCUT2D eigenvalue weighted by Gasteiger charge is 2.16. The molecule has 7 nitrogen and oxygen atoms in total. The van der Waals surface area contributed by atoms with E-state index in [9.17, 15) is 9.59 Å². The number of carbonyl (C=O) groups is 2. The zero-order valence-corrected chi connectivity index (χ0v) is 19.0. The molecule has 0 aliphatic carbocycles. The summed E-state index contributed by atoms with van der Waals surface area (Å²) in [4.78, 5) is 26.8. The van der Waals surface area contributed by atoms with Crippen molar-refractivity contribution in [1.82, 2.24) is 5.32 Å². The van der Waals surface area contributed by atoms with Crippen molar-refractivity contribution < 1.29 is 19.1 Å². The molecule has 1 fully saturated rings. The predicted molar refractivity (Wildman–Crippen MR) is 127 cm³/mol. The maximum atomic E-state index is 12.2. The van der Waals surface area contributed by atoms with Crippen molar-refractivity contribution in [2.45, 2.75) is 38.5 Å². The molecule has 2 aromatic rings. The maximum absolute atomic E-state index is 12.2. The lowest BCUT2D eigenvalue weighted by Crippen LogP contribution is -2.36. The number of ether oxygens (including phenoxy) is 2. The first kappa shape index (κ1) is 23.4. The lowest BCUT2D eigenvalue weighted by atomic mass is 10.1. The Morgan fingerprint density at radius 3 is 2.28 bits per heavy atom. The van der Waals surface area contributed by atoms with Crippen molar-refractivity contribution in [3.63, 3.8) is 0 Å². The monoisotopic (exact) mass is 439 g/mol. The molecule has 0 atom stereocenters. The van der Waals surface area contributed by atoms with Crippen molar-refractivity contribution in [2.24, 2.45) is 0 Å². The van der Waals surface area contributed by atoms with Gasteiger partial charge in [-0.2, -0.15) is 0 Å². The van der Waals surface area contributed by atoms with E-state index in [1.807, 2.05) is 0 Å². The summed E-state index contributed by atoms with van der Waals surface area (Å²) in [7, 11) is 3.04. The summed E-state index contributed by atoms with van der Waals surface area (Å²) in [6, 6.07) is 13.7. The molecule has 0 radical (unpaired) electrons. The van der Waals surface area contributed by atoms with Gasteiger partial charge in [-0.25, -0.2) is 0 Å². The van der Waals surface area contributed by atoms with E-state index in [1.54, 1.807) is 25.3 Å². The van der Waals surface area contributed by atoms with Crippen LogP contribution in [0.2, 0.25) is 0 Å². The van der Waals surface area contributed by atoms with Crippen molar-refractivity contribution in [1.29, 1.82) is 0 Å². The van der Waals surface area contributed by atoms with Gasteiger partial charge in [-0.15, -0.1) is 0 Å². The van der Waals surface area contributed by atoms with Gasteiger partial charge in [0.05, 0.1) is 19.9 Å². The third-order valence-corrected chi connectivity index (χ3v) is 5.70. The third kappa shape index (κ3) is 6.64. The van der Waals surface area contributed by atoms with Crippen LogP contribution in [0.4, 0.5) is 11.4 Å². The van der Waals surface area contributed by atoms with Crippen LogP contribution in [0.5, 0.6) is 11.5 Å². The molecule has 1 heterocycles. The summed E-state index contributed by atoms with van der Waals surface area (Å²) < 4.78 is 10.4. The second kappa shape index (κ2) is 12.0. The van der Waals surface area contributed by atoms with Gasteiger partial charge in [0.25, 0.3) is 0 Å². The fraction of sp³-hybridized carbons (Fsp3) is 0.440. The summed E-state index contributed by atoms with van der Waals surface area (Å²) in [6.45, 7) is 2.70. The summed E-state index contributed by atoms with van der Waals surface area (Å²) in [6.07, 6.45) is 6.78. The lowest BCUT2D eigenvalue weighted by Gasteiger charge is -2.22. The van der Waals surface area contributed by atoms with Gasteiger partial charge in [0.15, 0.2) is 0 Å². The number of aryl methyl sites for hydroxylation is 1. The fourth-order valence-corrected chi connectivity index (χ4v) is 3.86. The molecule has 172 valence electrons. The van der Waals surface area contributed by atoms with Crippen molar-refractivity contribution >= 4 is 23.2 Å². The van der Waals surface area contributed by atoms with E-state index in [0.29, 0.717) is 23.7 Å². The summed E-state index contributed by atoms with van der Waals surface area (Å²) in [5.41, 5.74) is 2.93. The van der Waals surface area contributed by atoms with E-state index in [-0.39, 0.29) is 0 Å². The van der Waals surface area contributed by atoms with Crippen LogP contribution in [0.3, 0.4) is 0 Å². The largest absolute Gasteiger partial charge is 0.497 e. The van der Waals surface area contributed by atoms with Gasteiger partial charge >= 0.3 is 11.8 Å². The Morgan fingerprint density at radius 1 is 0.906 bits per heavy atom. The van der Waals surface area contributed by atoms with E-state index in [4.69, 9.17) is 9.47 Å². The van der Waals surface area contributed by atoms with Crippen molar-refractivity contribution in [3.05, 3.63) is 48.0 Å². The quantitative estimate of drug-likeness (QED) is 0.483. The molecule has 2 amide bonds. The first-order valence-electron chi connectivity index (χ1n) is 11.3. The zero-order chi connectivity index (χ0) is 22.8. The maximum Gasteiger partial charge on any atom is 0.313 e. The van der Waals surface area contributed by atoms with Crippen LogP contribution in [-0.4, -0.2) is 45.7 Å². The first-order chi connectivity index (χ1) is 15.6. The molecule has 0 aromatic heterocycles. The van der Waals surface area contributed by atoms with Crippen LogP contribution in [0.1, 0.15) is 37.7 Å². The first-order valence-corrected chi connectivity index (χ1v) is 11.3. The SMILES string of the molecule is COc1ccc(NC(=O)C(=O)NCCCc2ccc(N3CCCCCC3)cc2)c(OC)c1.